The first kappa shape index (κ1) is 19.9. The molecule has 0 aliphatic rings. The van der Waals surface area contributed by atoms with Crippen LogP contribution in [-0.4, -0.2) is 38.6 Å². The van der Waals surface area contributed by atoms with Crippen molar-refractivity contribution in [2.75, 3.05) is 6.61 Å². The van der Waals surface area contributed by atoms with Gasteiger partial charge in [-0.2, -0.15) is 4.68 Å². The van der Waals surface area contributed by atoms with E-state index in [2.05, 4.69) is 15.5 Å². The maximum atomic E-state index is 12.9. The first-order chi connectivity index (χ1) is 14.6. The average molecular weight is 437 g/mol. The molecule has 9 heteroatoms. The van der Waals surface area contributed by atoms with Crippen molar-refractivity contribution in [2.24, 2.45) is 0 Å². The molecule has 0 aliphatic heterocycles. The van der Waals surface area contributed by atoms with Gasteiger partial charge in [-0.1, -0.05) is 36.4 Å². The van der Waals surface area contributed by atoms with Gasteiger partial charge in [0, 0.05) is 15.3 Å². The summed E-state index contributed by atoms with van der Waals surface area (Å²) in [5.41, 5.74) is 0.869. The molecule has 0 N–H and O–H groups in total. The molecule has 0 saturated heterocycles. The van der Waals surface area contributed by atoms with Crippen molar-refractivity contribution in [3.8, 4) is 11.4 Å². The molecular formula is C21H16N4O3S2. The molecule has 0 amide bonds. The molecule has 3 aromatic heterocycles. The summed E-state index contributed by atoms with van der Waals surface area (Å²) < 4.78 is 6.66. The van der Waals surface area contributed by atoms with Gasteiger partial charge in [0.1, 0.15) is 0 Å². The fraction of sp³-hybridized carbons (Fsp3) is 0.0952. The molecule has 0 radical (unpaired) electrons. The maximum Gasteiger partial charge on any atom is 0.357 e. The second-order valence-corrected chi connectivity index (χ2v) is 8.50. The average Bonchev–Trinajstić information content (AvgIpc) is 3.52. The largest absolute Gasteiger partial charge is 0.453 e. The van der Waals surface area contributed by atoms with Gasteiger partial charge in [-0.25, -0.2) is 4.79 Å². The Morgan fingerprint density at radius 2 is 1.93 bits per heavy atom. The van der Waals surface area contributed by atoms with E-state index in [0.717, 1.165) is 15.3 Å². The molecule has 30 heavy (non-hydrogen) atoms. The van der Waals surface area contributed by atoms with Crippen molar-refractivity contribution in [1.82, 2.24) is 20.2 Å². The molecule has 4 rings (SSSR count). The number of aromatic nitrogens is 4. The third kappa shape index (κ3) is 4.42. The third-order valence-electron chi connectivity index (χ3n) is 4.11. The molecule has 0 saturated carbocycles. The van der Waals surface area contributed by atoms with Gasteiger partial charge >= 0.3 is 5.97 Å². The maximum absolute atomic E-state index is 12.9. The third-order valence-corrected chi connectivity index (χ3v) is 5.97. The van der Waals surface area contributed by atoms with Crippen molar-refractivity contribution in [1.29, 1.82) is 0 Å². The van der Waals surface area contributed by atoms with Crippen LogP contribution in [0.25, 0.3) is 23.2 Å². The van der Waals surface area contributed by atoms with Crippen LogP contribution in [0, 0.1) is 6.92 Å². The molecule has 4 aromatic rings. The lowest BCUT2D eigenvalue weighted by molar-refractivity contribution is -0.136. The zero-order valence-electron chi connectivity index (χ0n) is 15.9. The highest BCUT2D eigenvalue weighted by Gasteiger charge is 2.22. The number of carbonyl (C=O) groups excluding carboxylic acids is 2. The summed E-state index contributed by atoms with van der Waals surface area (Å²) in [6, 6.07) is 16.6. The van der Waals surface area contributed by atoms with Gasteiger partial charge in [-0.3, -0.25) is 4.79 Å². The molecule has 150 valence electrons. The number of rotatable bonds is 7. The number of hydrogen-bond acceptors (Lipinski definition) is 8. The fourth-order valence-corrected chi connectivity index (χ4v) is 4.13. The number of nitrogens with zero attached hydrogens (tertiary/aromatic N) is 4. The molecule has 0 fully saturated rings. The van der Waals surface area contributed by atoms with Gasteiger partial charge in [0.2, 0.25) is 5.78 Å². The van der Waals surface area contributed by atoms with E-state index in [1.165, 1.54) is 27.4 Å². The van der Waals surface area contributed by atoms with Gasteiger partial charge in [0.15, 0.2) is 18.1 Å². The lowest BCUT2D eigenvalue weighted by atomic mass is 10.2. The van der Waals surface area contributed by atoms with Crippen molar-refractivity contribution >= 4 is 46.2 Å². The lowest BCUT2D eigenvalue weighted by Crippen LogP contribution is -2.18. The molecule has 1 aromatic carbocycles. The minimum Gasteiger partial charge on any atom is -0.453 e. The Bertz CT molecular complexity index is 1190. The zero-order chi connectivity index (χ0) is 20.9. The second kappa shape index (κ2) is 8.93. The van der Waals surface area contributed by atoms with Crippen molar-refractivity contribution in [2.45, 2.75) is 6.92 Å². The summed E-state index contributed by atoms with van der Waals surface area (Å²) >= 11 is 2.83. The zero-order valence-corrected chi connectivity index (χ0v) is 17.5. The SMILES string of the molecule is Cc1ccc(C(=O)COC(=O)/C(=C/c2cccs2)n2nnnc2-c2ccccc2)s1. The van der Waals surface area contributed by atoms with Gasteiger partial charge in [0.05, 0.1) is 4.88 Å². The monoisotopic (exact) mass is 436 g/mol. The molecule has 0 spiro atoms. The summed E-state index contributed by atoms with van der Waals surface area (Å²) in [5.74, 6) is -0.540. The molecule has 0 bridgehead atoms. The van der Waals surface area contributed by atoms with E-state index in [4.69, 9.17) is 4.74 Å². The number of esters is 1. The van der Waals surface area contributed by atoms with E-state index < -0.39 is 5.97 Å². The quantitative estimate of drug-likeness (QED) is 0.245. The summed E-state index contributed by atoms with van der Waals surface area (Å²) in [6.07, 6.45) is 1.65. The van der Waals surface area contributed by atoms with Crippen LogP contribution in [0.1, 0.15) is 19.4 Å². The second-order valence-electron chi connectivity index (χ2n) is 6.23. The number of tetrazole rings is 1. The number of hydrogen-bond donors (Lipinski definition) is 0. The number of thiophene rings is 2. The van der Waals surface area contributed by atoms with E-state index in [1.807, 2.05) is 60.8 Å². The first-order valence-corrected chi connectivity index (χ1v) is 10.7. The van der Waals surface area contributed by atoms with Gasteiger partial charge in [-0.15, -0.1) is 27.8 Å². The van der Waals surface area contributed by atoms with E-state index >= 15 is 0 Å². The first-order valence-electron chi connectivity index (χ1n) is 8.98. The Kier molecular flexibility index (Phi) is 5.92. The highest BCUT2D eigenvalue weighted by molar-refractivity contribution is 7.14. The standard InChI is InChI=1S/C21H16N4O3S2/c1-14-9-10-19(30-14)18(26)13-28-21(27)17(12-16-8-5-11-29-16)25-20(22-23-24-25)15-6-3-2-4-7-15/h2-12H,13H2,1H3/b17-12-. The highest BCUT2D eigenvalue weighted by Crippen LogP contribution is 2.23. The predicted octanol–water partition coefficient (Wildman–Crippen LogP) is 4.20. The molecule has 7 nitrogen and oxygen atoms in total. The van der Waals surface area contributed by atoms with E-state index in [0.29, 0.717) is 10.7 Å². The van der Waals surface area contributed by atoms with Crippen LogP contribution in [-0.2, 0) is 9.53 Å². The van der Waals surface area contributed by atoms with E-state index in [9.17, 15) is 9.59 Å². The Morgan fingerprint density at radius 1 is 1.10 bits per heavy atom. The summed E-state index contributed by atoms with van der Waals surface area (Å²) in [6.45, 7) is 1.56. The number of carbonyl (C=O) groups is 2. The number of aryl methyl sites for hydroxylation is 1. The van der Waals surface area contributed by atoms with Crippen LogP contribution in [0.5, 0.6) is 0 Å². The number of ketones is 1. The smallest absolute Gasteiger partial charge is 0.357 e. The Labute approximate surface area is 180 Å². The predicted molar refractivity (Wildman–Crippen MR) is 116 cm³/mol. The summed E-state index contributed by atoms with van der Waals surface area (Å²) in [7, 11) is 0. The van der Waals surface area contributed by atoms with E-state index in [-0.39, 0.29) is 18.1 Å². The summed E-state index contributed by atoms with van der Waals surface area (Å²) in [5, 5.41) is 13.7. The van der Waals surface area contributed by atoms with Crippen LogP contribution >= 0.6 is 22.7 Å². The Balaban J connectivity index is 1.62. The van der Waals surface area contributed by atoms with Crippen LogP contribution < -0.4 is 0 Å². The molecule has 0 unspecified atom stereocenters. The lowest BCUT2D eigenvalue weighted by Gasteiger charge is -2.09. The Hall–Kier alpha value is -3.43. The van der Waals surface area contributed by atoms with Crippen molar-refractivity contribution < 1.29 is 14.3 Å². The van der Waals surface area contributed by atoms with Crippen LogP contribution in [0.3, 0.4) is 0 Å². The number of ether oxygens (including phenoxy) is 1. The highest BCUT2D eigenvalue weighted by atomic mass is 32.1. The van der Waals surface area contributed by atoms with Crippen molar-refractivity contribution in [3.05, 3.63) is 74.6 Å². The summed E-state index contributed by atoms with van der Waals surface area (Å²) in [4.78, 5) is 27.7. The molecular weight excluding hydrogens is 420 g/mol. The molecule has 0 aliphatic carbocycles. The van der Waals surface area contributed by atoms with Crippen LogP contribution in [0.2, 0.25) is 0 Å². The molecule has 3 heterocycles. The van der Waals surface area contributed by atoms with Crippen LogP contribution in [0.15, 0.2) is 60.0 Å². The Morgan fingerprint density at radius 3 is 2.63 bits per heavy atom. The van der Waals surface area contributed by atoms with Gasteiger partial charge in [-0.05, 0) is 47.0 Å². The number of Topliss-reactive ketones (excluding diaryl/α,β-unsaturated/α-hetero) is 1. The van der Waals surface area contributed by atoms with E-state index in [1.54, 1.807) is 12.1 Å². The van der Waals surface area contributed by atoms with Gasteiger partial charge in [0.25, 0.3) is 0 Å². The van der Waals surface area contributed by atoms with Crippen LogP contribution in [0.4, 0.5) is 0 Å². The topological polar surface area (TPSA) is 87.0 Å². The normalized spacial score (nSPS) is 11.4. The minimum atomic E-state index is -0.686. The minimum absolute atomic E-state index is 0.122. The number of benzene rings is 1. The fourth-order valence-electron chi connectivity index (χ4n) is 2.69. The van der Waals surface area contributed by atoms with Crippen molar-refractivity contribution in [3.63, 3.8) is 0 Å². The molecule has 0 atom stereocenters. The van der Waals surface area contributed by atoms with Gasteiger partial charge < -0.3 is 4.74 Å².